The number of aromatic nitrogens is 1. The number of carbonyl (C=O) groups is 3. The highest BCUT2D eigenvalue weighted by atomic mass is 16.5. The third-order valence-corrected chi connectivity index (χ3v) is 5.24. The van der Waals surface area contributed by atoms with E-state index in [1.165, 1.54) is 0 Å². The Labute approximate surface area is 185 Å². The Morgan fingerprint density at radius 2 is 1.22 bits per heavy atom. The number of amides is 3. The number of hydrogen-bond donors (Lipinski definition) is 1. The summed E-state index contributed by atoms with van der Waals surface area (Å²) in [5, 5.41) is 0. The molecule has 3 amide bonds. The summed E-state index contributed by atoms with van der Waals surface area (Å²) < 4.78 is 5.75. The molecule has 0 bridgehead atoms. The van der Waals surface area contributed by atoms with Crippen LogP contribution in [0.15, 0.2) is 73.1 Å². The van der Waals surface area contributed by atoms with Crippen LogP contribution in [0.25, 0.3) is 0 Å². The summed E-state index contributed by atoms with van der Waals surface area (Å²) >= 11 is 0. The number of benzene rings is 2. The molecule has 0 spiro atoms. The van der Waals surface area contributed by atoms with Gasteiger partial charge in [-0.3, -0.25) is 19.4 Å². The molecule has 2 heterocycles. The zero-order valence-corrected chi connectivity index (χ0v) is 17.3. The highest BCUT2D eigenvalue weighted by Gasteiger charge is 2.25. The lowest BCUT2D eigenvalue weighted by Crippen LogP contribution is -2.50. The molecule has 8 heteroatoms. The molecule has 0 radical (unpaired) electrons. The number of primary amides is 1. The summed E-state index contributed by atoms with van der Waals surface area (Å²) in [6.07, 6.45) is 3.18. The summed E-state index contributed by atoms with van der Waals surface area (Å²) in [6.45, 7) is 1.88. The van der Waals surface area contributed by atoms with Crippen LogP contribution in [0.3, 0.4) is 0 Å². The summed E-state index contributed by atoms with van der Waals surface area (Å²) in [6, 6.07) is 16.8. The van der Waals surface area contributed by atoms with E-state index in [0.717, 1.165) is 0 Å². The summed E-state index contributed by atoms with van der Waals surface area (Å²) in [4.78, 5) is 44.0. The van der Waals surface area contributed by atoms with E-state index in [0.29, 0.717) is 54.4 Å². The van der Waals surface area contributed by atoms with Gasteiger partial charge in [-0.2, -0.15) is 0 Å². The Balaban J connectivity index is 1.33. The molecule has 0 unspecified atom stereocenters. The van der Waals surface area contributed by atoms with Crippen LogP contribution in [-0.2, 0) is 0 Å². The maximum Gasteiger partial charge on any atom is 0.255 e. The van der Waals surface area contributed by atoms with Gasteiger partial charge in [0.2, 0.25) is 5.91 Å². The molecule has 1 aliphatic heterocycles. The van der Waals surface area contributed by atoms with Gasteiger partial charge < -0.3 is 20.3 Å². The first-order valence-corrected chi connectivity index (χ1v) is 10.2. The Bertz CT molecular complexity index is 1110. The van der Waals surface area contributed by atoms with Crippen LogP contribution in [-0.4, -0.2) is 58.7 Å². The second kappa shape index (κ2) is 9.30. The van der Waals surface area contributed by atoms with E-state index in [4.69, 9.17) is 10.5 Å². The van der Waals surface area contributed by atoms with Gasteiger partial charge in [0.25, 0.3) is 11.8 Å². The summed E-state index contributed by atoms with van der Waals surface area (Å²) in [5.74, 6) is 0.469. The minimum atomic E-state index is -0.498. The van der Waals surface area contributed by atoms with Crippen molar-refractivity contribution in [1.29, 1.82) is 0 Å². The van der Waals surface area contributed by atoms with Crippen molar-refractivity contribution in [2.75, 3.05) is 26.2 Å². The molecule has 0 atom stereocenters. The number of ether oxygens (including phenoxy) is 1. The molecule has 0 aliphatic carbocycles. The van der Waals surface area contributed by atoms with Crippen molar-refractivity contribution < 1.29 is 19.1 Å². The number of carbonyl (C=O) groups excluding carboxylic acids is 3. The van der Waals surface area contributed by atoms with Crippen LogP contribution in [0.1, 0.15) is 31.1 Å². The maximum atomic E-state index is 12.8. The molecule has 4 rings (SSSR count). The van der Waals surface area contributed by atoms with Crippen molar-refractivity contribution in [1.82, 2.24) is 14.8 Å². The molecule has 1 aromatic heterocycles. The number of nitrogens with two attached hydrogens (primary N) is 1. The smallest absolute Gasteiger partial charge is 0.255 e. The van der Waals surface area contributed by atoms with E-state index in [9.17, 15) is 14.4 Å². The van der Waals surface area contributed by atoms with E-state index in [2.05, 4.69) is 4.98 Å². The average molecular weight is 430 g/mol. The van der Waals surface area contributed by atoms with Gasteiger partial charge >= 0.3 is 0 Å². The summed E-state index contributed by atoms with van der Waals surface area (Å²) in [5.41, 5.74) is 6.74. The third-order valence-electron chi connectivity index (χ3n) is 5.24. The van der Waals surface area contributed by atoms with Gasteiger partial charge in [-0.05, 0) is 60.7 Å². The standard InChI is InChI=1S/C24H22N4O4/c25-22(29)17-3-7-20(8-4-17)32-21-9-5-18(6-10-21)23(30)27-12-14-28(15-13-27)24(31)19-2-1-11-26-16-19/h1-11,16H,12-15H2,(H2,25,29). The molecular formula is C24H22N4O4. The number of piperazine rings is 1. The van der Waals surface area contributed by atoms with E-state index in [-0.39, 0.29) is 11.8 Å². The van der Waals surface area contributed by atoms with Crippen molar-refractivity contribution in [3.63, 3.8) is 0 Å². The van der Waals surface area contributed by atoms with E-state index >= 15 is 0 Å². The van der Waals surface area contributed by atoms with Crippen molar-refractivity contribution in [2.45, 2.75) is 0 Å². The fourth-order valence-corrected chi connectivity index (χ4v) is 3.46. The molecule has 1 saturated heterocycles. The van der Waals surface area contributed by atoms with Crippen molar-refractivity contribution >= 4 is 17.7 Å². The van der Waals surface area contributed by atoms with Crippen molar-refractivity contribution in [2.24, 2.45) is 5.73 Å². The quantitative estimate of drug-likeness (QED) is 0.670. The molecule has 2 N–H and O–H groups in total. The Kier molecular flexibility index (Phi) is 6.12. The molecular weight excluding hydrogens is 408 g/mol. The lowest BCUT2D eigenvalue weighted by molar-refractivity contribution is 0.0535. The Hall–Kier alpha value is -4.20. The molecule has 1 aliphatic rings. The minimum Gasteiger partial charge on any atom is -0.457 e. The van der Waals surface area contributed by atoms with Crippen molar-refractivity contribution in [3.05, 3.63) is 89.7 Å². The van der Waals surface area contributed by atoms with Gasteiger partial charge in [-0.1, -0.05) is 0 Å². The summed E-state index contributed by atoms with van der Waals surface area (Å²) in [7, 11) is 0. The number of rotatable bonds is 5. The van der Waals surface area contributed by atoms with Crippen LogP contribution in [0.5, 0.6) is 11.5 Å². The van der Waals surface area contributed by atoms with E-state index < -0.39 is 5.91 Å². The fraction of sp³-hybridized carbons (Fsp3) is 0.167. The Morgan fingerprint density at radius 1 is 0.719 bits per heavy atom. The van der Waals surface area contributed by atoms with Crippen LogP contribution in [0.2, 0.25) is 0 Å². The second-order valence-corrected chi connectivity index (χ2v) is 7.34. The first-order valence-electron chi connectivity index (χ1n) is 10.2. The van der Waals surface area contributed by atoms with Gasteiger partial charge in [0.1, 0.15) is 11.5 Å². The number of hydrogen-bond acceptors (Lipinski definition) is 5. The van der Waals surface area contributed by atoms with Crippen LogP contribution in [0, 0.1) is 0 Å². The second-order valence-electron chi connectivity index (χ2n) is 7.34. The first-order chi connectivity index (χ1) is 15.5. The van der Waals surface area contributed by atoms with Gasteiger partial charge in [0.15, 0.2) is 0 Å². The molecule has 162 valence electrons. The first kappa shape index (κ1) is 21.0. The predicted molar refractivity (Wildman–Crippen MR) is 118 cm³/mol. The van der Waals surface area contributed by atoms with Gasteiger partial charge in [0, 0.05) is 49.7 Å². The molecule has 3 aromatic rings. The van der Waals surface area contributed by atoms with Gasteiger partial charge in [-0.15, -0.1) is 0 Å². The lowest BCUT2D eigenvalue weighted by Gasteiger charge is -2.34. The largest absolute Gasteiger partial charge is 0.457 e. The predicted octanol–water partition coefficient (Wildman–Crippen LogP) is 2.57. The topological polar surface area (TPSA) is 106 Å². The molecule has 2 aromatic carbocycles. The molecule has 8 nitrogen and oxygen atoms in total. The highest BCUT2D eigenvalue weighted by Crippen LogP contribution is 2.23. The molecule has 32 heavy (non-hydrogen) atoms. The lowest BCUT2D eigenvalue weighted by atomic mass is 10.1. The van der Waals surface area contributed by atoms with Crippen LogP contribution >= 0.6 is 0 Å². The Morgan fingerprint density at radius 3 is 1.69 bits per heavy atom. The molecule has 0 saturated carbocycles. The highest BCUT2D eigenvalue weighted by molar-refractivity contribution is 5.96. The van der Waals surface area contributed by atoms with Crippen LogP contribution < -0.4 is 10.5 Å². The SMILES string of the molecule is NC(=O)c1ccc(Oc2ccc(C(=O)N3CCN(C(=O)c4cccnc4)CC3)cc2)cc1. The minimum absolute atomic E-state index is 0.0736. The number of nitrogens with zero attached hydrogens (tertiary/aromatic N) is 3. The van der Waals surface area contributed by atoms with E-state index in [1.54, 1.807) is 82.9 Å². The monoisotopic (exact) mass is 430 g/mol. The number of pyridine rings is 1. The maximum absolute atomic E-state index is 12.8. The van der Waals surface area contributed by atoms with Crippen molar-refractivity contribution in [3.8, 4) is 11.5 Å². The van der Waals surface area contributed by atoms with Gasteiger partial charge in [-0.25, -0.2) is 0 Å². The molecule has 1 fully saturated rings. The normalized spacial score (nSPS) is 13.5. The van der Waals surface area contributed by atoms with Gasteiger partial charge in [0.05, 0.1) is 5.56 Å². The zero-order valence-electron chi connectivity index (χ0n) is 17.3. The average Bonchev–Trinajstić information content (AvgIpc) is 2.84. The van der Waals surface area contributed by atoms with E-state index in [1.807, 2.05) is 0 Å². The third kappa shape index (κ3) is 4.75. The fourth-order valence-electron chi connectivity index (χ4n) is 3.46. The van der Waals surface area contributed by atoms with Crippen LogP contribution in [0.4, 0.5) is 0 Å². The zero-order chi connectivity index (χ0) is 22.5.